The maximum atomic E-state index is 10.4. The highest BCUT2D eigenvalue weighted by molar-refractivity contribution is 5.34. The third-order valence-corrected chi connectivity index (χ3v) is 4.76. The van der Waals surface area contributed by atoms with Crippen molar-refractivity contribution >= 4 is 0 Å². The van der Waals surface area contributed by atoms with E-state index < -0.39 is 6.10 Å². The van der Waals surface area contributed by atoms with Crippen LogP contribution in [0.15, 0.2) is 47.5 Å². The molecule has 0 bridgehead atoms. The van der Waals surface area contributed by atoms with Crippen LogP contribution in [0.1, 0.15) is 17.0 Å². The minimum Gasteiger partial charge on any atom is -0.491 e. The van der Waals surface area contributed by atoms with Gasteiger partial charge in [-0.2, -0.15) is 0 Å². The van der Waals surface area contributed by atoms with Crippen LogP contribution in [0, 0.1) is 6.92 Å². The molecule has 6 nitrogen and oxygen atoms in total. The fourth-order valence-electron chi connectivity index (χ4n) is 3.35. The maximum absolute atomic E-state index is 10.4. The molecular formula is C21H29N3O3. The monoisotopic (exact) mass is 371 g/mol. The number of para-hydroxylation sites is 1. The SMILES string of the molecule is C=CCc1ccccc1OCC(O)CN1CCN(Cc2cc(C)no2)CC1. The lowest BCUT2D eigenvalue weighted by molar-refractivity contribution is 0.0428. The predicted octanol–water partition coefficient (Wildman–Crippen LogP) is 2.27. The van der Waals surface area contributed by atoms with Crippen molar-refractivity contribution in [2.75, 3.05) is 39.3 Å². The van der Waals surface area contributed by atoms with Crippen LogP contribution in [0.5, 0.6) is 5.75 Å². The molecule has 0 amide bonds. The first-order valence-corrected chi connectivity index (χ1v) is 9.50. The molecule has 27 heavy (non-hydrogen) atoms. The van der Waals surface area contributed by atoms with Gasteiger partial charge >= 0.3 is 0 Å². The van der Waals surface area contributed by atoms with Gasteiger partial charge in [0.05, 0.1) is 12.2 Å². The van der Waals surface area contributed by atoms with Gasteiger partial charge in [-0.15, -0.1) is 6.58 Å². The number of aliphatic hydroxyl groups excluding tert-OH is 1. The van der Waals surface area contributed by atoms with E-state index in [0.29, 0.717) is 13.2 Å². The van der Waals surface area contributed by atoms with Gasteiger partial charge in [0.1, 0.15) is 18.5 Å². The summed E-state index contributed by atoms with van der Waals surface area (Å²) in [7, 11) is 0. The Labute approximate surface area is 161 Å². The molecule has 0 aliphatic carbocycles. The third kappa shape index (κ3) is 5.92. The molecule has 1 aliphatic heterocycles. The largest absolute Gasteiger partial charge is 0.491 e. The Balaban J connectivity index is 1.39. The third-order valence-electron chi connectivity index (χ3n) is 4.76. The molecule has 0 saturated carbocycles. The Hall–Kier alpha value is -2.15. The van der Waals surface area contributed by atoms with Crippen molar-refractivity contribution in [1.82, 2.24) is 15.0 Å². The molecular weight excluding hydrogens is 342 g/mol. The van der Waals surface area contributed by atoms with Gasteiger partial charge < -0.3 is 14.4 Å². The number of aliphatic hydroxyl groups is 1. The maximum Gasteiger partial charge on any atom is 0.150 e. The number of aryl methyl sites for hydroxylation is 1. The van der Waals surface area contributed by atoms with E-state index in [9.17, 15) is 5.11 Å². The fraction of sp³-hybridized carbons (Fsp3) is 0.476. The van der Waals surface area contributed by atoms with Crippen molar-refractivity contribution in [1.29, 1.82) is 0 Å². The summed E-state index contributed by atoms with van der Waals surface area (Å²) in [4.78, 5) is 4.64. The van der Waals surface area contributed by atoms with Gasteiger partial charge in [0, 0.05) is 38.8 Å². The number of rotatable bonds is 9. The minimum atomic E-state index is -0.509. The molecule has 146 valence electrons. The summed E-state index contributed by atoms with van der Waals surface area (Å²) < 4.78 is 11.1. The van der Waals surface area contributed by atoms with E-state index >= 15 is 0 Å². The van der Waals surface area contributed by atoms with Crippen LogP contribution in [0.2, 0.25) is 0 Å². The quantitative estimate of drug-likeness (QED) is 0.683. The Morgan fingerprint density at radius 1 is 1.26 bits per heavy atom. The number of β-amino-alcohol motifs (C(OH)–C–C–N with tert-alkyl or cyclic N) is 1. The summed E-state index contributed by atoms with van der Waals surface area (Å²) in [5.41, 5.74) is 2.01. The van der Waals surface area contributed by atoms with E-state index in [-0.39, 0.29) is 0 Å². The Morgan fingerprint density at radius 2 is 2.00 bits per heavy atom. The molecule has 1 fully saturated rings. The van der Waals surface area contributed by atoms with Crippen molar-refractivity contribution in [3.63, 3.8) is 0 Å². The Kier molecular flexibility index (Phi) is 7.04. The minimum absolute atomic E-state index is 0.297. The number of hydrogen-bond acceptors (Lipinski definition) is 6. The number of aromatic nitrogens is 1. The van der Waals surface area contributed by atoms with Gasteiger partial charge in [0.2, 0.25) is 0 Å². The van der Waals surface area contributed by atoms with E-state index in [1.165, 1.54) is 0 Å². The molecule has 1 aromatic heterocycles. The summed E-state index contributed by atoms with van der Waals surface area (Å²) >= 11 is 0. The van der Waals surface area contributed by atoms with Gasteiger partial charge in [0.25, 0.3) is 0 Å². The summed E-state index contributed by atoms with van der Waals surface area (Å²) in [6, 6.07) is 9.89. The van der Waals surface area contributed by atoms with Crippen molar-refractivity contribution in [3.05, 3.63) is 60.0 Å². The van der Waals surface area contributed by atoms with E-state index in [0.717, 1.165) is 61.9 Å². The van der Waals surface area contributed by atoms with E-state index in [1.54, 1.807) is 0 Å². The molecule has 1 atom stereocenters. The van der Waals surface area contributed by atoms with Crippen molar-refractivity contribution in [3.8, 4) is 5.75 Å². The van der Waals surface area contributed by atoms with Gasteiger partial charge in [-0.3, -0.25) is 9.80 Å². The molecule has 1 unspecified atom stereocenters. The molecule has 1 N–H and O–H groups in total. The van der Waals surface area contributed by atoms with Crippen molar-refractivity contribution < 1.29 is 14.4 Å². The predicted molar refractivity (Wildman–Crippen MR) is 105 cm³/mol. The highest BCUT2D eigenvalue weighted by atomic mass is 16.5. The molecule has 1 saturated heterocycles. The summed E-state index contributed by atoms with van der Waals surface area (Å²) in [5.74, 6) is 1.73. The summed E-state index contributed by atoms with van der Waals surface area (Å²) in [5, 5.41) is 14.3. The smallest absolute Gasteiger partial charge is 0.150 e. The fourth-order valence-corrected chi connectivity index (χ4v) is 3.35. The van der Waals surface area contributed by atoms with Crippen molar-refractivity contribution in [2.45, 2.75) is 26.0 Å². The highest BCUT2D eigenvalue weighted by Gasteiger charge is 2.20. The molecule has 0 spiro atoms. The summed E-state index contributed by atoms with van der Waals surface area (Å²) in [6.07, 6.45) is 2.11. The molecule has 6 heteroatoms. The number of benzene rings is 1. The molecule has 0 radical (unpaired) electrons. The van der Waals surface area contributed by atoms with Crippen LogP contribution in [0.3, 0.4) is 0 Å². The average molecular weight is 371 g/mol. The van der Waals surface area contributed by atoms with Crippen LogP contribution >= 0.6 is 0 Å². The first-order chi connectivity index (χ1) is 13.1. The van der Waals surface area contributed by atoms with Gasteiger partial charge in [0.15, 0.2) is 5.76 Å². The van der Waals surface area contributed by atoms with Gasteiger partial charge in [-0.25, -0.2) is 0 Å². The zero-order valence-corrected chi connectivity index (χ0v) is 16.0. The Bertz CT molecular complexity index is 723. The zero-order chi connectivity index (χ0) is 19.1. The summed E-state index contributed by atoms with van der Waals surface area (Å²) in [6.45, 7) is 11.2. The van der Waals surface area contributed by atoms with Crippen LogP contribution in [-0.4, -0.2) is 65.5 Å². The highest BCUT2D eigenvalue weighted by Crippen LogP contribution is 2.19. The van der Waals surface area contributed by atoms with E-state index in [1.807, 2.05) is 43.3 Å². The second kappa shape index (κ2) is 9.69. The van der Waals surface area contributed by atoms with Gasteiger partial charge in [-0.1, -0.05) is 29.4 Å². The molecule has 2 heterocycles. The number of piperazine rings is 1. The number of hydrogen-bond donors (Lipinski definition) is 1. The molecule has 3 rings (SSSR count). The Morgan fingerprint density at radius 3 is 2.70 bits per heavy atom. The van der Waals surface area contributed by atoms with E-state index in [4.69, 9.17) is 9.26 Å². The van der Waals surface area contributed by atoms with Crippen LogP contribution in [0.4, 0.5) is 0 Å². The second-order valence-electron chi connectivity index (χ2n) is 7.08. The van der Waals surface area contributed by atoms with Gasteiger partial charge in [-0.05, 0) is 25.0 Å². The average Bonchev–Trinajstić information content (AvgIpc) is 3.08. The normalized spacial score (nSPS) is 17.0. The van der Waals surface area contributed by atoms with Crippen LogP contribution < -0.4 is 4.74 Å². The van der Waals surface area contributed by atoms with Crippen LogP contribution in [0.25, 0.3) is 0 Å². The standard InChI is InChI=1S/C21H29N3O3/c1-3-6-18-7-4-5-8-21(18)26-16-19(25)14-23-9-11-24(12-10-23)15-20-13-17(2)22-27-20/h3-5,7-8,13,19,25H,1,6,9-12,14-16H2,2H3. The first-order valence-electron chi connectivity index (χ1n) is 9.50. The molecule has 1 aliphatic rings. The number of nitrogens with zero attached hydrogens (tertiary/aromatic N) is 3. The lowest BCUT2D eigenvalue weighted by atomic mass is 10.1. The zero-order valence-electron chi connectivity index (χ0n) is 16.0. The topological polar surface area (TPSA) is 62.0 Å². The van der Waals surface area contributed by atoms with Crippen LogP contribution in [-0.2, 0) is 13.0 Å². The second-order valence-corrected chi connectivity index (χ2v) is 7.08. The van der Waals surface area contributed by atoms with E-state index in [2.05, 4.69) is 21.5 Å². The number of allylic oxidation sites excluding steroid dienone is 1. The number of ether oxygens (including phenoxy) is 1. The lowest BCUT2D eigenvalue weighted by Crippen LogP contribution is -2.48. The van der Waals surface area contributed by atoms with Crippen molar-refractivity contribution in [2.24, 2.45) is 0 Å². The first kappa shape index (κ1) is 19.6. The molecule has 1 aromatic carbocycles. The lowest BCUT2D eigenvalue weighted by Gasteiger charge is -2.35. The molecule has 2 aromatic rings.